The summed E-state index contributed by atoms with van der Waals surface area (Å²) < 4.78 is 0. The average Bonchev–Trinajstić information content (AvgIpc) is 2.30. The van der Waals surface area contributed by atoms with Crippen LogP contribution in [0.3, 0.4) is 0 Å². The number of nitrogens with zero attached hydrogens (tertiary/aromatic N) is 3. The third kappa shape index (κ3) is 2.56. The van der Waals surface area contributed by atoms with Gasteiger partial charge in [0.25, 0.3) is 5.69 Å². The largest absolute Gasteiger partial charge is 0.333 e. The van der Waals surface area contributed by atoms with Crippen LogP contribution in [0.5, 0.6) is 0 Å². The summed E-state index contributed by atoms with van der Waals surface area (Å²) in [5.74, 6) is 0.939. The van der Waals surface area contributed by atoms with Crippen LogP contribution >= 0.6 is 0 Å². The summed E-state index contributed by atoms with van der Waals surface area (Å²) in [5.41, 5.74) is 0.997. The Morgan fingerprint density at radius 3 is 2.38 bits per heavy atom. The Balaban J connectivity index is 2.93. The van der Waals surface area contributed by atoms with Gasteiger partial charge in [-0.15, -0.1) is 0 Å². The first-order valence-electron chi connectivity index (χ1n) is 5.04. The number of hydrogen-bond donors (Lipinski definition) is 0. The van der Waals surface area contributed by atoms with Gasteiger partial charge < -0.3 is 4.90 Å². The molecule has 0 atom stereocenters. The van der Waals surface area contributed by atoms with Crippen LogP contribution in [0.1, 0.15) is 13.3 Å². The Morgan fingerprint density at radius 2 is 2.00 bits per heavy atom. The van der Waals surface area contributed by atoms with Crippen molar-refractivity contribution in [3.05, 3.63) is 34.4 Å². The van der Waals surface area contributed by atoms with Gasteiger partial charge in [-0.3, -0.25) is 15.1 Å². The fourth-order valence-electron chi connectivity index (χ4n) is 1.49. The van der Waals surface area contributed by atoms with Gasteiger partial charge in [0.2, 0.25) is 0 Å². The Bertz CT molecular complexity index is 398. The van der Waals surface area contributed by atoms with E-state index in [2.05, 4.69) is 4.99 Å². The molecule has 1 aromatic rings. The quantitative estimate of drug-likeness (QED) is 0.341. The van der Waals surface area contributed by atoms with Gasteiger partial charge in [-0.1, -0.05) is 6.92 Å². The highest BCUT2D eigenvalue weighted by Crippen LogP contribution is 2.19. The van der Waals surface area contributed by atoms with Gasteiger partial charge in [0.05, 0.1) is 4.92 Å². The highest BCUT2D eigenvalue weighted by atomic mass is 16.6. The summed E-state index contributed by atoms with van der Waals surface area (Å²) >= 11 is 0. The van der Waals surface area contributed by atoms with E-state index in [1.807, 2.05) is 18.9 Å². The Hall–Kier alpha value is -1.91. The molecule has 86 valence electrons. The number of nitro groups is 1. The second-order valence-corrected chi connectivity index (χ2v) is 3.33. The summed E-state index contributed by atoms with van der Waals surface area (Å²) in [4.78, 5) is 16.2. The normalized spacial score (nSPS) is 11.3. The maximum atomic E-state index is 10.5. The number of nitro benzene ring substituents is 1. The summed E-state index contributed by atoms with van der Waals surface area (Å²) in [5, 5.41) is 10.5. The molecule has 1 aromatic carbocycles. The van der Waals surface area contributed by atoms with Gasteiger partial charge in [-0.25, -0.2) is 0 Å². The lowest BCUT2D eigenvalue weighted by Gasteiger charge is -2.19. The zero-order chi connectivity index (χ0) is 12.1. The zero-order valence-corrected chi connectivity index (χ0v) is 9.67. The van der Waals surface area contributed by atoms with Crippen molar-refractivity contribution in [1.29, 1.82) is 0 Å². The van der Waals surface area contributed by atoms with Gasteiger partial charge in [0.15, 0.2) is 0 Å². The van der Waals surface area contributed by atoms with Crippen molar-refractivity contribution >= 4 is 17.2 Å². The highest BCUT2D eigenvalue weighted by Gasteiger charge is 2.09. The molecular weight excluding hydrogens is 206 g/mol. The molecule has 0 fully saturated rings. The predicted molar refractivity (Wildman–Crippen MR) is 65.1 cm³/mol. The Kier molecular flexibility index (Phi) is 3.99. The molecule has 0 aliphatic rings. The Morgan fingerprint density at radius 1 is 1.44 bits per heavy atom. The zero-order valence-electron chi connectivity index (χ0n) is 9.67. The molecule has 0 bridgehead atoms. The molecule has 5 nitrogen and oxygen atoms in total. The van der Waals surface area contributed by atoms with Crippen LogP contribution in [-0.2, 0) is 0 Å². The minimum atomic E-state index is -0.404. The van der Waals surface area contributed by atoms with E-state index in [-0.39, 0.29) is 5.69 Å². The van der Waals surface area contributed by atoms with Crippen molar-refractivity contribution in [2.75, 3.05) is 19.0 Å². The van der Waals surface area contributed by atoms with E-state index in [4.69, 9.17) is 0 Å². The van der Waals surface area contributed by atoms with Crippen LogP contribution in [0.2, 0.25) is 0 Å². The molecule has 0 N–H and O–H groups in total. The van der Waals surface area contributed by atoms with E-state index in [1.165, 1.54) is 12.1 Å². The van der Waals surface area contributed by atoms with Gasteiger partial charge >= 0.3 is 0 Å². The minimum absolute atomic E-state index is 0.101. The number of anilines is 1. The third-order valence-corrected chi connectivity index (χ3v) is 2.41. The molecule has 0 aromatic heterocycles. The summed E-state index contributed by atoms with van der Waals surface area (Å²) in [7, 11) is 3.63. The Labute approximate surface area is 94.6 Å². The van der Waals surface area contributed by atoms with Crippen molar-refractivity contribution in [2.24, 2.45) is 4.99 Å². The molecule has 0 unspecified atom stereocenters. The fraction of sp³-hybridized carbons (Fsp3) is 0.364. The first-order valence-corrected chi connectivity index (χ1v) is 5.04. The lowest BCUT2D eigenvalue weighted by Crippen LogP contribution is -2.25. The highest BCUT2D eigenvalue weighted by molar-refractivity contribution is 5.97. The van der Waals surface area contributed by atoms with E-state index in [1.54, 1.807) is 19.2 Å². The molecule has 0 spiro atoms. The van der Waals surface area contributed by atoms with Crippen LogP contribution in [0.4, 0.5) is 11.4 Å². The van der Waals surface area contributed by atoms with Crippen molar-refractivity contribution in [1.82, 2.24) is 0 Å². The predicted octanol–water partition coefficient (Wildman–Crippen LogP) is 2.47. The number of rotatable bonds is 3. The first kappa shape index (κ1) is 12.2. The minimum Gasteiger partial charge on any atom is -0.333 e. The summed E-state index contributed by atoms with van der Waals surface area (Å²) in [6.07, 6.45) is 0.823. The first-order chi connectivity index (χ1) is 7.60. The molecule has 0 aliphatic heterocycles. The van der Waals surface area contributed by atoms with Crippen LogP contribution in [0.25, 0.3) is 0 Å². The second-order valence-electron chi connectivity index (χ2n) is 3.33. The number of amidine groups is 1. The lowest BCUT2D eigenvalue weighted by atomic mass is 10.2. The number of non-ortho nitro benzene ring substituents is 1. The van der Waals surface area contributed by atoms with Crippen molar-refractivity contribution in [3.63, 3.8) is 0 Å². The van der Waals surface area contributed by atoms with Gasteiger partial charge in [-0.2, -0.15) is 0 Å². The van der Waals surface area contributed by atoms with Crippen LogP contribution < -0.4 is 4.90 Å². The smallest absolute Gasteiger partial charge is 0.269 e. The number of hydrogen-bond acceptors (Lipinski definition) is 3. The molecule has 0 radical (unpaired) electrons. The second kappa shape index (κ2) is 5.25. The summed E-state index contributed by atoms with van der Waals surface area (Å²) in [6.45, 7) is 2.02. The van der Waals surface area contributed by atoms with Crippen molar-refractivity contribution in [2.45, 2.75) is 13.3 Å². The number of aliphatic imine (C=N–C) groups is 1. The maximum absolute atomic E-state index is 10.5. The maximum Gasteiger partial charge on any atom is 0.269 e. The monoisotopic (exact) mass is 221 g/mol. The lowest BCUT2D eigenvalue weighted by molar-refractivity contribution is -0.384. The van der Waals surface area contributed by atoms with Gasteiger partial charge in [0, 0.05) is 38.3 Å². The molecule has 0 saturated heterocycles. The van der Waals surface area contributed by atoms with Crippen LogP contribution in [0.15, 0.2) is 29.3 Å². The summed E-state index contributed by atoms with van der Waals surface area (Å²) in [6, 6.07) is 6.43. The van der Waals surface area contributed by atoms with Crippen LogP contribution in [-0.4, -0.2) is 24.9 Å². The molecule has 0 amide bonds. The molecule has 1 rings (SSSR count). The molecule has 5 heteroatoms. The topological polar surface area (TPSA) is 58.7 Å². The van der Waals surface area contributed by atoms with E-state index >= 15 is 0 Å². The average molecular weight is 221 g/mol. The molecular formula is C11H15N3O2. The molecule has 0 heterocycles. The molecule has 16 heavy (non-hydrogen) atoms. The molecule has 0 saturated carbocycles. The van der Waals surface area contributed by atoms with E-state index in [0.717, 1.165) is 17.9 Å². The molecule has 0 aliphatic carbocycles. The third-order valence-electron chi connectivity index (χ3n) is 2.41. The van der Waals surface area contributed by atoms with Gasteiger partial charge in [0.1, 0.15) is 5.84 Å². The van der Waals surface area contributed by atoms with Crippen molar-refractivity contribution < 1.29 is 4.92 Å². The van der Waals surface area contributed by atoms with E-state index < -0.39 is 4.92 Å². The SMILES string of the molecule is CCC(=NC)N(C)c1ccc([N+](=O)[O-])cc1. The van der Waals surface area contributed by atoms with Crippen LogP contribution in [0, 0.1) is 10.1 Å². The number of benzene rings is 1. The van der Waals surface area contributed by atoms with Crippen molar-refractivity contribution in [3.8, 4) is 0 Å². The fourth-order valence-corrected chi connectivity index (χ4v) is 1.49. The standard InChI is InChI=1S/C11H15N3O2/c1-4-11(12-2)13(3)9-5-7-10(8-6-9)14(15)16/h5-8H,4H2,1-3H3. The van der Waals surface area contributed by atoms with E-state index in [0.29, 0.717) is 0 Å². The van der Waals surface area contributed by atoms with E-state index in [9.17, 15) is 10.1 Å². The van der Waals surface area contributed by atoms with Gasteiger partial charge in [-0.05, 0) is 12.1 Å².